The van der Waals surface area contributed by atoms with Crippen molar-refractivity contribution in [1.82, 2.24) is 20.2 Å². The minimum atomic E-state index is -0.651. The average molecular weight is 489 g/mol. The number of carbonyl (C=O) groups is 2. The van der Waals surface area contributed by atoms with Crippen LogP contribution in [0.3, 0.4) is 0 Å². The van der Waals surface area contributed by atoms with Crippen LogP contribution in [-0.4, -0.2) is 76.5 Å². The quantitative estimate of drug-likeness (QED) is 0.586. The zero-order chi connectivity index (χ0) is 26.0. The molecule has 2 aliphatic rings. The van der Waals surface area contributed by atoms with E-state index in [1.165, 1.54) is 0 Å². The number of nitrogens with zero attached hydrogens (tertiary/aromatic N) is 3. The highest BCUT2D eigenvalue weighted by molar-refractivity contribution is 6.61. The van der Waals surface area contributed by atoms with E-state index in [9.17, 15) is 9.59 Å². The predicted octanol–water partition coefficient (Wildman–Crippen LogP) is 2.34. The van der Waals surface area contributed by atoms with Crippen molar-refractivity contribution in [3.05, 3.63) is 12.4 Å². The Labute approximate surface area is 209 Å². The molecule has 2 aliphatic heterocycles. The highest BCUT2D eigenvalue weighted by atomic mass is 16.7. The lowest BCUT2D eigenvalue weighted by Crippen LogP contribution is -2.51. The molecule has 10 nitrogen and oxygen atoms in total. The van der Waals surface area contributed by atoms with Crippen molar-refractivity contribution in [1.29, 1.82) is 0 Å². The second-order valence-corrected chi connectivity index (χ2v) is 11.5. The maximum Gasteiger partial charge on any atom is 0.498 e. The van der Waals surface area contributed by atoms with Crippen LogP contribution < -0.4 is 16.1 Å². The number of likely N-dealkylation sites (tertiary alicyclic amines) is 1. The van der Waals surface area contributed by atoms with E-state index >= 15 is 0 Å². The van der Waals surface area contributed by atoms with Crippen LogP contribution in [0.1, 0.15) is 68.2 Å². The van der Waals surface area contributed by atoms with Crippen molar-refractivity contribution in [3.63, 3.8) is 0 Å². The fourth-order valence-corrected chi connectivity index (χ4v) is 4.02. The number of nitrogens with one attached hydrogen (secondary N) is 2. The van der Waals surface area contributed by atoms with Gasteiger partial charge in [0.25, 0.3) is 0 Å². The summed E-state index contributed by atoms with van der Waals surface area (Å²) in [5, 5.41) is 5.92. The van der Waals surface area contributed by atoms with E-state index < -0.39 is 36.1 Å². The van der Waals surface area contributed by atoms with E-state index in [0.717, 1.165) is 18.3 Å². The molecule has 3 rings (SSSR count). The van der Waals surface area contributed by atoms with Crippen molar-refractivity contribution < 1.29 is 23.6 Å². The summed E-state index contributed by atoms with van der Waals surface area (Å²) < 4.78 is 17.4. The summed E-state index contributed by atoms with van der Waals surface area (Å²) in [6.45, 7) is 17.0. The van der Waals surface area contributed by atoms with E-state index in [4.69, 9.17) is 14.0 Å². The summed E-state index contributed by atoms with van der Waals surface area (Å²) in [7, 11) is -0.497. The van der Waals surface area contributed by atoms with Gasteiger partial charge in [-0.2, -0.15) is 0 Å². The summed E-state index contributed by atoms with van der Waals surface area (Å²) in [4.78, 5) is 35.5. The number of hydrogen-bond donors (Lipinski definition) is 2. The van der Waals surface area contributed by atoms with Gasteiger partial charge in [-0.25, -0.2) is 14.8 Å². The molecule has 2 amide bonds. The highest BCUT2D eigenvalue weighted by Crippen LogP contribution is 2.36. The molecule has 0 spiro atoms. The maximum absolute atomic E-state index is 12.9. The number of amides is 2. The van der Waals surface area contributed by atoms with Crippen molar-refractivity contribution in [2.75, 3.05) is 25.0 Å². The first-order chi connectivity index (χ1) is 16.2. The smallest absolute Gasteiger partial charge is 0.444 e. The van der Waals surface area contributed by atoms with E-state index in [-0.39, 0.29) is 11.8 Å². The molecule has 194 valence electrons. The molecule has 2 fully saturated rings. The largest absolute Gasteiger partial charge is 0.498 e. The molecule has 2 atom stereocenters. The van der Waals surface area contributed by atoms with Crippen LogP contribution in [0.4, 0.5) is 10.7 Å². The van der Waals surface area contributed by atoms with E-state index in [1.807, 2.05) is 27.7 Å². The number of alkyl carbamates (subject to hydrolysis) is 1. The molecule has 0 radical (unpaired) electrons. The summed E-state index contributed by atoms with van der Waals surface area (Å²) >= 11 is 0. The first-order valence-electron chi connectivity index (χ1n) is 12.4. The third-order valence-corrected chi connectivity index (χ3v) is 6.68. The first-order valence-corrected chi connectivity index (χ1v) is 12.4. The van der Waals surface area contributed by atoms with Crippen LogP contribution in [-0.2, 0) is 18.8 Å². The zero-order valence-electron chi connectivity index (χ0n) is 22.3. The molecule has 3 heterocycles. The highest BCUT2D eigenvalue weighted by Gasteiger charge is 2.52. The third-order valence-electron chi connectivity index (χ3n) is 6.68. The van der Waals surface area contributed by atoms with Crippen LogP contribution in [0.25, 0.3) is 0 Å². The van der Waals surface area contributed by atoms with Crippen molar-refractivity contribution in [2.24, 2.45) is 5.92 Å². The van der Waals surface area contributed by atoms with Gasteiger partial charge in [0.15, 0.2) is 0 Å². The number of aromatic nitrogens is 2. The van der Waals surface area contributed by atoms with Crippen LogP contribution in [0, 0.1) is 5.92 Å². The van der Waals surface area contributed by atoms with Crippen molar-refractivity contribution in [3.8, 4) is 0 Å². The summed E-state index contributed by atoms with van der Waals surface area (Å²) in [6, 6.07) is -0.651. The Bertz CT molecular complexity index is 887. The van der Waals surface area contributed by atoms with Gasteiger partial charge in [-0.1, -0.05) is 0 Å². The summed E-state index contributed by atoms with van der Waals surface area (Å²) in [5.41, 5.74) is -0.674. The lowest BCUT2D eigenvalue weighted by atomic mass is 9.81. The van der Waals surface area contributed by atoms with Gasteiger partial charge < -0.3 is 29.6 Å². The minimum Gasteiger partial charge on any atom is -0.444 e. The second-order valence-electron chi connectivity index (χ2n) is 11.5. The predicted molar refractivity (Wildman–Crippen MR) is 134 cm³/mol. The molecule has 2 N–H and O–H groups in total. The standard InChI is InChI=1S/C24H40BN5O5/c1-16(29-21(32)33-22(2,3)4)19(31)30-11-9-10-17(15-30)12-26-20-27-13-18(14-28-20)25-34-23(5,6)24(7,8)35-25/h13-14,16-17H,9-12,15H2,1-8H3,(H,29,32)(H,26,27,28)/t16-,17+/m1/s1. The lowest BCUT2D eigenvalue weighted by Gasteiger charge is -2.34. The third kappa shape index (κ3) is 7.07. The van der Waals surface area contributed by atoms with Gasteiger partial charge >= 0.3 is 13.2 Å². The fourth-order valence-electron chi connectivity index (χ4n) is 4.02. The normalized spacial score (nSPS) is 22.5. The monoisotopic (exact) mass is 489 g/mol. The molecule has 0 bridgehead atoms. The molecule has 1 aromatic rings. The second kappa shape index (κ2) is 10.3. The van der Waals surface area contributed by atoms with E-state index in [0.29, 0.717) is 25.6 Å². The number of anilines is 1. The van der Waals surface area contributed by atoms with Gasteiger partial charge in [0.2, 0.25) is 11.9 Å². The van der Waals surface area contributed by atoms with Gasteiger partial charge in [-0.15, -0.1) is 0 Å². The maximum atomic E-state index is 12.9. The van der Waals surface area contributed by atoms with Gasteiger partial charge in [-0.3, -0.25) is 4.79 Å². The minimum absolute atomic E-state index is 0.108. The zero-order valence-corrected chi connectivity index (χ0v) is 22.3. The van der Waals surface area contributed by atoms with Crippen molar-refractivity contribution in [2.45, 2.75) is 91.1 Å². The molecule has 1 aromatic heterocycles. The van der Waals surface area contributed by atoms with Crippen LogP contribution in [0.5, 0.6) is 0 Å². The van der Waals surface area contributed by atoms with Gasteiger partial charge in [0.05, 0.1) is 11.2 Å². The van der Waals surface area contributed by atoms with Crippen molar-refractivity contribution >= 4 is 30.5 Å². The fraction of sp³-hybridized carbons (Fsp3) is 0.750. The molecular weight excluding hydrogens is 449 g/mol. The summed E-state index contributed by atoms with van der Waals surface area (Å²) in [5.74, 6) is 0.671. The Morgan fingerprint density at radius 2 is 1.80 bits per heavy atom. The van der Waals surface area contributed by atoms with Crippen LogP contribution in [0.15, 0.2) is 12.4 Å². The molecule has 11 heteroatoms. The SMILES string of the molecule is C[C@@H](NC(=O)OC(C)(C)C)C(=O)N1CCC[C@@H](CNc2ncc(B3OC(C)(C)C(C)(C)O3)cn2)C1. The molecular formula is C24H40BN5O5. The first kappa shape index (κ1) is 27.2. The average Bonchev–Trinajstić information content (AvgIpc) is 2.97. The molecule has 0 aromatic carbocycles. The van der Waals surface area contributed by atoms with Crippen LogP contribution >= 0.6 is 0 Å². The Hall–Kier alpha value is -2.40. The Kier molecular flexibility index (Phi) is 8.01. The number of piperidine rings is 1. The van der Waals surface area contributed by atoms with Crippen LogP contribution in [0.2, 0.25) is 0 Å². The Balaban J connectivity index is 1.48. The lowest BCUT2D eigenvalue weighted by molar-refractivity contribution is -0.134. The Morgan fingerprint density at radius 1 is 1.20 bits per heavy atom. The molecule has 0 aliphatic carbocycles. The van der Waals surface area contributed by atoms with Gasteiger partial charge in [-0.05, 0) is 74.1 Å². The molecule has 0 unspecified atom stereocenters. The topological polar surface area (TPSA) is 115 Å². The molecule has 0 saturated carbocycles. The molecule has 2 saturated heterocycles. The number of ether oxygens (including phenoxy) is 1. The van der Waals surface area contributed by atoms with E-state index in [2.05, 4.69) is 20.6 Å². The Morgan fingerprint density at radius 3 is 2.37 bits per heavy atom. The number of rotatable bonds is 6. The number of hydrogen-bond acceptors (Lipinski definition) is 8. The molecule has 35 heavy (non-hydrogen) atoms. The summed E-state index contributed by atoms with van der Waals surface area (Å²) in [6.07, 6.45) is 4.75. The number of carbonyl (C=O) groups excluding carboxylic acids is 2. The van der Waals surface area contributed by atoms with Gasteiger partial charge in [0, 0.05) is 37.5 Å². The van der Waals surface area contributed by atoms with Gasteiger partial charge in [0.1, 0.15) is 11.6 Å². The van der Waals surface area contributed by atoms with E-state index in [1.54, 1.807) is 45.0 Å².